The fraction of sp³-hybridized carbons (Fsp3) is 0.833. The van der Waals surface area contributed by atoms with Gasteiger partial charge in [-0.05, 0) is 12.8 Å². The third-order valence-electron chi connectivity index (χ3n) is 3.96. The van der Waals surface area contributed by atoms with Crippen LogP contribution in [0, 0.1) is 0 Å². The maximum absolute atomic E-state index is 13.1. The van der Waals surface area contributed by atoms with Gasteiger partial charge in [-0.1, -0.05) is 0 Å². The van der Waals surface area contributed by atoms with Gasteiger partial charge in [0.05, 0.1) is 19.1 Å². The summed E-state index contributed by atoms with van der Waals surface area (Å²) in [7, 11) is 0. The van der Waals surface area contributed by atoms with E-state index in [4.69, 9.17) is 0 Å². The maximum Gasteiger partial charge on any atom is 0.262 e. The van der Waals surface area contributed by atoms with Crippen molar-refractivity contribution in [2.45, 2.75) is 37.3 Å². The van der Waals surface area contributed by atoms with Crippen molar-refractivity contribution in [2.24, 2.45) is 0 Å². The van der Waals surface area contributed by atoms with Crippen LogP contribution in [0.15, 0.2) is 0 Å². The van der Waals surface area contributed by atoms with Crippen molar-refractivity contribution in [3.63, 3.8) is 0 Å². The number of carbonyl (C=O) groups excluding carboxylic acids is 2. The number of piperazine rings is 1. The molecule has 3 fully saturated rings. The summed E-state index contributed by atoms with van der Waals surface area (Å²) in [6.45, 7) is 0.543. The summed E-state index contributed by atoms with van der Waals surface area (Å²) >= 11 is 0. The minimum Gasteiger partial charge on any atom is -0.336 e. The number of alkyl halides is 2. The summed E-state index contributed by atoms with van der Waals surface area (Å²) in [5, 5.41) is 2.54. The molecule has 1 aliphatic carbocycles. The van der Waals surface area contributed by atoms with Crippen LogP contribution in [0.5, 0.6) is 0 Å². The fourth-order valence-electron chi connectivity index (χ4n) is 2.76. The van der Waals surface area contributed by atoms with E-state index in [-0.39, 0.29) is 30.8 Å². The molecule has 1 atom stereocenters. The third kappa shape index (κ3) is 3.03. The Bertz CT molecular complexity index is 418. The lowest BCUT2D eigenvalue weighted by Crippen LogP contribution is -2.56. The average molecular weight is 310 g/mol. The Morgan fingerprint density at radius 2 is 2.00 bits per heavy atom. The first-order chi connectivity index (χ1) is 8.96. The quantitative estimate of drug-likeness (QED) is 0.795. The molecule has 1 unspecified atom stereocenters. The third-order valence-corrected chi connectivity index (χ3v) is 3.96. The molecule has 0 spiro atoms. The molecule has 3 aliphatic rings. The van der Waals surface area contributed by atoms with E-state index in [9.17, 15) is 18.4 Å². The normalized spacial score (nSPS) is 29.3. The van der Waals surface area contributed by atoms with Gasteiger partial charge in [0.2, 0.25) is 11.8 Å². The lowest BCUT2D eigenvalue weighted by molar-refractivity contribution is -0.146. The molecule has 0 aromatic heterocycles. The van der Waals surface area contributed by atoms with Crippen LogP contribution in [0.4, 0.5) is 8.78 Å². The zero-order valence-corrected chi connectivity index (χ0v) is 11.8. The second-order valence-corrected chi connectivity index (χ2v) is 5.57. The number of rotatable bonds is 2. The Morgan fingerprint density at radius 3 is 2.50 bits per heavy atom. The number of carbonyl (C=O) groups is 2. The first-order valence-corrected chi connectivity index (χ1v) is 6.66. The lowest BCUT2D eigenvalue weighted by atomic mass is 10.1. The van der Waals surface area contributed by atoms with Crippen molar-refractivity contribution in [1.29, 1.82) is 0 Å². The minimum atomic E-state index is -2.82. The van der Waals surface area contributed by atoms with Crippen molar-refractivity contribution in [1.82, 2.24) is 15.1 Å². The molecule has 2 saturated heterocycles. The average Bonchev–Trinajstić information content (AvgIpc) is 3.12. The molecular formula is C12H18ClF2N3O2. The highest BCUT2D eigenvalue weighted by Crippen LogP contribution is 2.29. The number of hydrogen-bond acceptors (Lipinski definition) is 3. The summed E-state index contributed by atoms with van der Waals surface area (Å²) in [6.07, 6.45) is 1.61. The Hall–Kier alpha value is -0.950. The first kappa shape index (κ1) is 15.4. The van der Waals surface area contributed by atoms with Crippen molar-refractivity contribution < 1.29 is 18.4 Å². The van der Waals surface area contributed by atoms with E-state index >= 15 is 0 Å². The van der Waals surface area contributed by atoms with Gasteiger partial charge < -0.3 is 9.80 Å². The van der Waals surface area contributed by atoms with E-state index in [0.717, 1.165) is 12.8 Å². The van der Waals surface area contributed by atoms with E-state index in [1.54, 1.807) is 4.90 Å². The molecule has 5 nitrogen and oxygen atoms in total. The van der Waals surface area contributed by atoms with Crippen LogP contribution >= 0.6 is 12.4 Å². The summed E-state index contributed by atoms with van der Waals surface area (Å²) in [6, 6.07) is -0.506. The molecule has 8 heteroatoms. The van der Waals surface area contributed by atoms with Crippen molar-refractivity contribution in [3.8, 4) is 0 Å². The van der Waals surface area contributed by atoms with Gasteiger partial charge in [0.1, 0.15) is 0 Å². The SMILES string of the molecule is Cl.O=C(C1CC(F)(F)CN1)N1CCN(C2CC2)C(=O)C1. The predicted octanol–water partition coefficient (Wildman–Crippen LogP) is 0.239. The molecular weight excluding hydrogens is 292 g/mol. The number of hydrogen-bond donors (Lipinski definition) is 1. The molecule has 3 rings (SSSR count). The molecule has 1 saturated carbocycles. The zero-order valence-electron chi connectivity index (χ0n) is 11.0. The Labute approximate surface area is 122 Å². The van der Waals surface area contributed by atoms with Gasteiger partial charge >= 0.3 is 0 Å². The predicted molar refractivity (Wildman–Crippen MR) is 69.9 cm³/mol. The molecule has 2 heterocycles. The smallest absolute Gasteiger partial charge is 0.262 e. The second kappa shape index (κ2) is 5.44. The molecule has 0 aromatic rings. The highest BCUT2D eigenvalue weighted by Gasteiger charge is 2.45. The monoisotopic (exact) mass is 309 g/mol. The number of nitrogens with one attached hydrogen (secondary N) is 1. The summed E-state index contributed by atoms with van der Waals surface area (Å²) < 4.78 is 26.1. The Morgan fingerprint density at radius 1 is 1.30 bits per heavy atom. The van der Waals surface area contributed by atoms with Crippen LogP contribution in [0.25, 0.3) is 0 Å². The van der Waals surface area contributed by atoms with Gasteiger partial charge in [-0.15, -0.1) is 12.4 Å². The summed E-state index contributed by atoms with van der Waals surface area (Å²) in [5.41, 5.74) is 0. The van der Waals surface area contributed by atoms with Gasteiger partial charge in [-0.2, -0.15) is 0 Å². The van der Waals surface area contributed by atoms with Crippen LogP contribution < -0.4 is 5.32 Å². The van der Waals surface area contributed by atoms with Gasteiger partial charge in [-0.25, -0.2) is 8.78 Å². The topological polar surface area (TPSA) is 52.7 Å². The van der Waals surface area contributed by atoms with Crippen LogP contribution in [0.1, 0.15) is 19.3 Å². The number of amides is 2. The molecule has 2 amide bonds. The first-order valence-electron chi connectivity index (χ1n) is 6.66. The maximum atomic E-state index is 13.1. The highest BCUT2D eigenvalue weighted by atomic mass is 35.5. The Kier molecular flexibility index (Phi) is 4.20. The van der Waals surface area contributed by atoms with Crippen molar-refractivity contribution in [3.05, 3.63) is 0 Å². The zero-order chi connectivity index (χ0) is 13.6. The van der Waals surface area contributed by atoms with Crippen LogP contribution in [-0.4, -0.2) is 65.8 Å². The van der Waals surface area contributed by atoms with Crippen LogP contribution in [0.2, 0.25) is 0 Å². The molecule has 0 radical (unpaired) electrons. The molecule has 114 valence electrons. The van der Waals surface area contributed by atoms with Crippen molar-refractivity contribution >= 4 is 24.2 Å². The van der Waals surface area contributed by atoms with Crippen LogP contribution in [-0.2, 0) is 9.59 Å². The summed E-state index contributed by atoms with van der Waals surface area (Å²) in [4.78, 5) is 27.2. The van der Waals surface area contributed by atoms with E-state index in [1.807, 2.05) is 0 Å². The van der Waals surface area contributed by atoms with E-state index in [0.29, 0.717) is 19.1 Å². The molecule has 2 aliphatic heterocycles. The standard InChI is InChI=1S/C12H17F2N3O2.ClH/c13-12(14)5-9(15-7-12)11(19)16-3-4-17(8-1-2-8)10(18)6-16;/h8-9,15H,1-7H2;1H. The molecule has 0 bridgehead atoms. The minimum absolute atomic E-state index is 0. The van der Waals surface area contributed by atoms with Crippen molar-refractivity contribution in [2.75, 3.05) is 26.2 Å². The number of nitrogens with zero attached hydrogens (tertiary/aromatic N) is 2. The van der Waals surface area contributed by atoms with Crippen LogP contribution in [0.3, 0.4) is 0 Å². The molecule has 1 N–H and O–H groups in total. The Balaban J connectivity index is 0.00000147. The van der Waals surface area contributed by atoms with Gasteiger partial charge in [-0.3, -0.25) is 14.9 Å². The fourth-order valence-corrected chi connectivity index (χ4v) is 2.76. The van der Waals surface area contributed by atoms with Gasteiger partial charge in [0, 0.05) is 25.6 Å². The molecule has 20 heavy (non-hydrogen) atoms. The summed E-state index contributed by atoms with van der Waals surface area (Å²) in [5.74, 6) is -3.26. The van der Waals surface area contributed by atoms with Gasteiger partial charge in [0.15, 0.2) is 0 Å². The lowest BCUT2D eigenvalue weighted by Gasteiger charge is -2.35. The second-order valence-electron chi connectivity index (χ2n) is 5.57. The van der Waals surface area contributed by atoms with E-state index in [1.165, 1.54) is 4.90 Å². The largest absolute Gasteiger partial charge is 0.336 e. The van der Waals surface area contributed by atoms with E-state index in [2.05, 4.69) is 5.32 Å². The highest BCUT2D eigenvalue weighted by molar-refractivity contribution is 5.89. The number of halogens is 3. The van der Waals surface area contributed by atoms with E-state index < -0.39 is 24.9 Å². The van der Waals surface area contributed by atoms with Gasteiger partial charge in [0.25, 0.3) is 5.92 Å². The molecule has 0 aromatic carbocycles.